The largest absolute Gasteiger partial charge is 0.494 e. The summed E-state index contributed by atoms with van der Waals surface area (Å²) in [4.78, 5) is 13.1. The van der Waals surface area contributed by atoms with Gasteiger partial charge in [0.25, 0.3) is 0 Å². The SMILES string of the molecule is C=C=CC(=NC)[C@H](NC(=C)c1cc(F)c2cnc(NC3CCOCC3)nc2c1)c1ccc(OC)c(F)c1. The molecule has 0 saturated carbocycles. The number of aromatic nitrogens is 2. The summed E-state index contributed by atoms with van der Waals surface area (Å²) in [5.41, 5.74) is 5.13. The fraction of sp³-hybridized carbons (Fsp3) is 0.286. The van der Waals surface area contributed by atoms with Crippen molar-refractivity contribution >= 4 is 28.3 Å². The van der Waals surface area contributed by atoms with Gasteiger partial charge in [0, 0.05) is 49.8 Å². The summed E-state index contributed by atoms with van der Waals surface area (Å²) in [6, 6.07) is 7.30. The Hall–Kier alpha value is -4.07. The quantitative estimate of drug-likeness (QED) is 0.307. The molecular formula is C28H29F2N5O2. The van der Waals surface area contributed by atoms with Gasteiger partial charge in [-0.15, -0.1) is 5.73 Å². The van der Waals surface area contributed by atoms with Crippen molar-refractivity contribution in [2.45, 2.75) is 24.9 Å². The molecule has 1 aliphatic heterocycles. The van der Waals surface area contributed by atoms with E-state index in [1.54, 1.807) is 25.3 Å². The van der Waals surface area contributed by atoms with E-state index in [9.17, 15) is 4.39 Å². The van der Waals surface area contributed by atoms with Crippen molar-refractivity contribution in [2.24, 2.45) is 4.99 Å². The molecule has 0 radical (unpaired) electrons. The predicted octanol–water partition coefficient (Wildman–Crippen LogP) is 5.22. The van der Waals surface area contributed by atoms with Crippen molar-refractivity contribution < 1.29 is 18.3 Å². The van der Waals surface area contributed by atoms with Gasteiger partial charge < -0.3 is 20.1 Å². The maximum atomic E-state index is 15.0. The Morgan fingerprint density at radius 2 is 2.03 bits per heavy atom. The number of ether oxygens (including phenoxy) is 2. The minimum absolute atomic E-state index is 0.122. The summed E-state index contributed by atoms with van der Waals surface area (Å²) in [5, 5.41) is 6.86. The Kier molecular flexibility index (Phi) is 8.28. The Bertz CT molecular complexity index is 1380. The van der Waals surface area contributed by atoms with Crippen LogP contribution in [0.4, 0.5) is 14.7 Å². The van der Waals surface area contributed by atoms with E-state index < -0.39 is 17.7 Å². The van der Waals surface area contributed by atoms with Crippen LogP contribution in [0.1, 0.15) is 30.0 Å². The van der Waals surface area contributed by atoms with Crippen molar-refractivity contribution in [3.05, 3.63) is 84.3 Å². The molecule has 0 aliphatic carbocycles. The lowest BCUT2D eigenvalue weighted by Gasteiger charge is -2.23. The molecule has 192 valence electrons. The van der Waals surface area contributed by atoms with Gasteiger partial charge in [-0.1, -0.05) is 19.2 Å². The molecule has 1 saturated heterocycles. The molecule has 37 heavy (non-hydrogen) atoms. The van der Waals surface area contributed by atoms with E-state index in [2.05, 4.69) is 44.5 Å². The van der Waals surface area contributed by atoms with Crippen LogP contribution >= 0.6 is 0 Å². The average molecular weight is 506 g/mol. The zero-order chi connectivity index (χ0) is 26.4. The third-order valence-corrected chi connectivity index (χ3v) is 6.18. The number of halogens is 2. The lowest BCUT2D eigenvalue weighted by atomic mass is 9.99. The van der Waals surface area contributed by atoms with Gasteiger partial charge in [0.05, 0.1) is 29.8 Å². The summed E-state index contributed by atoms with van der Waals surface area (Å²) in [6.45, 7) is 9.09. The molecule has 0 amide bonds. The highest BCUT2D eigenvalue weighted by Gasteiger charge is 2.21. The van der Waals surface area contributed by atoms with E-state index in [-0.39, 0.29) is 11.8 Å². The third-order valence-electron chi connectivity index (χ3n) is 6.18. The predicted molar refractivity (Wildman–Crippen MR) is 142 cm³/mol. The van der Waals surface area contributed by atoms with Crippen LogP contribution in [0, 0.1) is 11.6 Å². The van der Waals surface area contributed by atoms with Gasteiger partial charge in [-0.2, -0.15) is 0 Å². The Morgan fingerprint density at radius 3 is 2.70 bits per heavy atom. The van der Waals surface area contributed by atoms with E-state index in [1.165, 1.54) is 31.5 Å². The van der Waals surface area contributed by atoms with Crippen LogP contribution in [0.2, 0.25) is 0 Å². The molecule has 1 fully saturated rings. The van der Waals surface area contributed by atoms with E-state index in [0.717, 1.165) is 12.8 Å². The van der Waals surface area contributed by atoms with Gasteiger partial charge in [-0.25, -0.2) is 18.7 Å². The normalized spacial score (nSPS) is 15.1. The molecule has 1 atom stereocenters. The zero-order valence-corrected chi connectivity index (χ0v) is 20.9. The second-order valence-electron chi connectivity index (χ2n) is 8.56. The van der Waals surface area contributed by atoms with Crippen LogP contribution < -0.4 is 15.4 Å². The molecule has 0 bridgehead atoms. The number of hydrogen-bond donors (Lipinski definition) is 2. The van der Waals surface area contributed by atoms with Crippen LogP contribution in [-0.2, 0) is 4.74 Å². The van der Waals surface area contributed by atoms with Crippen LogP contribution in [0.15, 0.2) is 66.5 Å². The molecule has 0 unspecified atom stereocenters. The van der Waals surface area contributed by atoms with Crippen LogP contribution in [0.3, 0.4) is 0 Å². The zero-order valence-electron chi connectivity index (χ0n) is 20.9. The first-order chi connectivity index (χ1) is 17.9. The number of hydrogen-bond acceptors (Lipinski definition) is 7. The molecule has 9 heteroatoms. The molecule has 1 aliphatic rings. The minimum Gasteiger partial charge on any atom is -0.494 e. The lowest BCUT2D eigenvalue weighted by Crippen LogP contribution is -2.28. The average Bonchev–Trinajstić information content (AvgIpc) is 2.90. The van der Waals surface area contributed by atoms with Crippen LogP contribution in [-0.4, -0.2) is 49.1 Å². The first-order valence-electron chi connectivity index (χ1n) is 11.9. The maximum Gasteiger partial charge on any atom is 0.223 e. The molecule has 2 aromatic carbocycles. The molecule has 3 aromatic rings. The molecule has 1 aromatic heterocycles. The summed E-state index contributed by atoms with van der Waals surface area (Å²) >= 11 is 0. The highest BCUT2D eigenvalue weighted by Crippen LogP contribution is 2.27. The van der Waals surface area contributed by atoms with Crippen LogP contribution in [0.5, 0.6) is 5.75 Å². The Balaban J connectivity index is 1.65. The van der Waals surface area contributed by atoms with Crippen molar-refractivity contribution in [1.82, 2.24) is 15.3 Å². The number of benzene rings is 2. The monoisotopic (exact) mass is 505 g/mol. The molecule has 4 rings (SSSR count). The number of fused-ring (bicyclic) bond motifs is 1. The molecule has 2 N–H and O–H groups in total. The van der Waals surface area contributed by atoms with Crippen molar-refractivity contribution in [2.75, 3.05) is 32.7 Å². The van der Waals surface area contributed by atoms with Gasteiger partial charge in [-0.3, -0.25) is 4.99 Å². The van der Waals surface area contributed by atoms with Crippen molar-refractivity contribution in [1.29, 1.82) is 0 Å². The number of aliphatic imine (C=N–C) groups is 1. The van der Waals surface area contributed by atoms with E-state index >= 15 is 4.39 Å². The topological polar surface area (TPSA) is 80.7 Å². The minimum atomic E-state index is -0.609. The Morgan fingerprint density at radius 1 is 1.24 bits per heavy atom. The lowest BCUT2D eigenvalue weighted by molar-refractivity contribution is 0.0903. The van der Waals surface area contributed by atoms with Gasteiger partial charge in [0.15, 0.2) is 11.6 Å². The van der Waals surface area contributed by atoms with Gasteiger partial charge >= 0.3 is 0 Å². The summed E-state index contributed by atoms with van der Waals surface area (Å²) in [7, 11) is 3.01. The Labute approximate surface area is 214 Å². The first-order valence-corrected chi connectivity index (χ1v) is 11.9. The summed E-state index contributed by atoms with van der Waals surface area (Å²) in [6.07, 6.45) is 4.77. The van der Waals surface area contributed by atoms with Crippen LogP contribution in [0.25, 0.3) is 16.6 Å². The number of methoxy groups -OCH3 is 1. The highest BCUT2D eigenvalue weighted by molar-refractivity contribution is 6.00. The number of nitrogens with zero attached hydrogens (tertiary/aromatic N) is 3. The van der Waals surface area contributed by atoms with Gasteiger partial charge in [0.2, 0.25) is 5.95 Å². The van der Waals surface area contributed by atoms with E-state index in [4.69, 9.17) is 9.47 Å². The fourth-order valence-electron chi connectivity index (χ4n) is 4.19. The maximum absolute atomic E-state index is 15.0. The molecular weight excluding hydrogens is 476 g/mol. The summed E-state index contributed by atoms with van der Waals surface area (Å²) < 4.78 is 40.0. The van der Waals surface area contributed by atoms with Crippen molar-refractivity contribution in [3.63, 3.8) is 0 Å². The summed E-state index contributed by atoms with van der Waals surface area (Å²) in [5.74, 6) is -0.446. The number of anilines is 1. The van der Waals surface area contributed by atoms with Gasteiger partial charge in [-0.05, 0) is 42.7 Å². The third kappa shape index (κ3) is 6.02. The molecule has 2 heterocycles. The van der Waals surface area contributed by atoms with Crippen molar-refractivity contribution in [3.8, 4) is 5.75 Å². The number of rotatable bonds is 9. The highest BCUT2D eigenvalue weighted by atomic mass is 19.1. The van der Waals surface area contributed by atoms with E-state index in [0.29, 0.717) is 52.6 Å². The fourth-order valence-corrected chi connectivity index (χ4v) is 4.19. The second kappa shape index (κ2) is 11.8. The second-order valence-corrected chi connectivity index (χ2v) is 8.56. The molecule has 7 nitrogen and oxygen atoms in total. The molecule has 0 spiro atoms. The first kappa shape index (κ1) is 26.0. The number of nitrogens with one attached hydrogen (secondary N) is 2. The smallest absolute Gasteiger partial charge is 0.223 e. The standard InChI is InChI=1S/C28H29F2N5O2/c1-5-6-24(31-3)27(18-7-8-26(36-4)23(30)13-18)33-17(2)19-14-22(29)21-16-32-28(35-25(21)15-19)34-20-9-11-37-12-10-20/h6-8,13-16,20,27,33H,1-2,9-12H2,3-4H3,(H,32,34,35)/t27-/m1/s1. The van der Waals surface area contributed by atoms with E-state index in [1.807, 2.05) is 0 Å². The van der Waals surface area contributed by atoms with Gasteiger partial charge in [0.1, 0.15) is 5.82 Å².